The Labute approximate surface area is 141 Å². The number of fused-ring (bicyclic) bond motifs is 1. The second-order valence-electron chi connectivity index (χ2n) is 6.15. The van der Waals surface area contributed by atoms with E-state index in [1.165, 1.54) is 5.56 Å². The van der Waals surface area contributed by atoms with Crippen molar-refractivity contribution in [1.82, 2.24) is 9.88 Å². The van der Waals surface area contributed by atoms with Gasteiger partial charge in [-0.05, 0) is 17.5 Å². The molecule has 0 radical (unpaired) electrons. The highest BCUT2D eigenvalue weighted by Gasteiger charge is 2.20. The molecule has 1 aromatic heterocycles. The Balaban J connectivity index is 1.80. The number of carbonyl (C=O) groups is 1. The molecule has 0 fully saturated rings. The molecule has 0 bridgehead atoms. The predicted molar refractivity (Wildman–Crippen MR) is 96.4 cm³/mol. The van der Waals surface area contributed by atoms with Gasteiger partial charge < -0.3 is 15.0 Å². The highest BCUT2D eigenvalue weighted by molar-refractivity contribution is 5.98. The van der Waals surface area contributed by atoms with E-state index in [1.807, 2.05) is 49.5 Å². The topological polar surface area (TPSA) is 54.3 Å². The monoisotopic (exact) mass is 322 g/mol. The van der Waals surface area contributed by atoms with E-state index in [-0.39, 0.29) is 0 Å². The van der Waals surface area contributed by atoms with Crippen LogP contribution < -0.4 is 5.32 Å². The highest BCUT2D eigenvalue weighted by Crippen LogP contribution is 2.25. The lowest BCUT2D eigenvalue weighted by molar-refractivity contribution is 0.0685. The third-order valence-electron chi connectivity index (χ3n) is 4.54. The molecule has 0 amide bonds. The molecular formula is C20H22N2O2. The summed E-state index contributed by atoms with van der Waals surface area (Å²) in [7, 11) is 1.81. The van der Waals surface area contributed by atoms with E-state index in [1.54, 1.807) is 4.57 Å². The highest BCUT2D eigenvalue weighted by atomic mass is 16.4. The Hall–Kier alpha value is -2.59. The molecule has 0 aliphatic heterocycles. The largest absolute Gasteiger partial charge is 0.477 e. The fourth-order valence-corrected chi connectivity index (χ4v) is 3.24. The minimum absolute atomic E-state index is 0.357. The molecule has 0 aliphatic carbocycles. The minimum atomic E-state index is -0.887. The molecule has 0 saturated heterocycles. The van der Waals surface area contributed by atoms with Crippen molar-refractivity contribution in [2.75, 3.05) is 6.54 Å². The number of hydrogen-bond donors (Lipinski definition) is 2. The summed E-state index contributed by atoms with van der Waals surface area (Å²) >= 11 is 0. The van der Waals surface area contributed by atoms with Crippen LogP contribution in [0.15, 0.2) is 54.6 Å². The van der Waals surface area contributed by atoms with Crippen molar-refractivity contribution in [2.45, 2.75) is 19.4 Å². The number of nitrogens with one attached hydrogen (secondary N) is 1. The van der Waals surface area contributed by atoms with Gasteiger partial charge in [0.2, 0.25) is 0 Å². The normalized spacial score (nSPS) is 12.4. The first-order valence-electron chi connectivity index (χ1n) is 8.15. The number of hydrogen-bond acceptors (Lipinski definition) is 2. The second-order valence-corrected chi connectivity index (χ2v) is 6.15. The molecule has 0 unspecified atom stereocenters. The number of benzene rings is 2. The Kier molecular flexibility index (Phi) is 4.67. The third kappa shape index (κ3) is 3.05. The van der Waals surface area contributed by atoms with Gasteiger partial charge in [0, 0.05) is 36.6 Å². The van der Waals surface area contributed by atoms with Crippen LogP contribution in [0.25, 0.3) is 10.9 Å². The van der Waals surface area contributed by atoms with Gasteiger partial charge in [-0.25, -0.2) is 4.79 Å². The maximum atomic E-state index is 11.7. The number of rotatable bonds is 6. The summed E-state index contributed by atoms with van der Waals surface area (Å²) in [6, 6.07) is 18.2. The lowest BCUT2D eigenvalue weighted by atomic mass is 10.0. The zero-order chi connectivity index (χ0) is 17.1. The van der Waals surface area contributed by atoms with Gasteiger partial charge in [-0.15, -0.1) is 0 Å². The van der Waals surface area contributed by atoms with Crippen molar-refractivity contribution >= 4 is 16.9 Å². The van der Waals surface area contributed by atoms with E-state index in [4.69, 9.17) is 0 Å². The SMILES string of the molecule is C[C@@H](CNCc1c(C(=O)O)n(C)c2ccccc12)c1ccccc1. The van der Waals surface area contributed by atoms with E-state index < -0.39 is 5.97 Å². The van der Waals surface area contributed by atoms with Crippen molar-refractivity contribution in [3.05, 3.63) is 71.4 Å². The van der Waals surface area contributed by atoms with Crippen LogP contribution in [0.3, 0.4) is 0 Å². The van der Waals surface area contributed by atoms with E-state index in [9.17, 15) is 9.90 Å². The van der Waals surface area contributed by atoms with E-state index >= 15 is 0 Å². The smallest absolute Gasteiger partial charge is 0.352 e. The number of nitrogens with zero attached hydrogens (tertiary/aromatic N) is 1. The zero-order valence-corrected chi connectivity index (χ0v) is 14.0. The molecule has 2 aromatic carbocycles. The minimum Gasteiger partial charge on any atom is -0.477 e. The van der Waals surface area contributed by atoms with Gasteiger partial charge in [-0.3, -0.25) is 0 Å². The Bertz CT molecular complexity index is 853. The summed E-state index contributed by atoms with van der Waals surface area (Å²) in [5.74, 6) is -0.518. The van der Waals surface area contributed by atoms with Gasteiger partial charge in [-0.2, -0.15) is 0 Å². The van der Waals surface area contributed by atoms with E-state index in [2.05, 4.69) is 24.4 Å². The van der Waals surface area contributed by atoms with Crippen LogP contribution in [-0.2, 0) is 13.6 Å². The fourth-order valence-electron chi connectivity index (χ4n) is 3.24. The van der Waals surface area contributed by atoms with Gasteiger partial charge >= 0.3 is 5.97 Å². The second kappa shape index (κ2) is 6.89. The average molecular weight is 322 g/mol. The summed E-state index contributed by atoms with van der Waals surface area (Å²) < 4.78 is 1.76. The molecule has 3 aromatic rings. The molecule has 3 rings (SSSR count). The molecule has 0 aliphatic rings. The summed E-state index contributed by atoms with van der Waals surface area (Å²) in [6.07, 6.45) is 0. The summed E-state index contributed by atoms with van der Waals surface area (Å²) in [6.45, 7) is 3.51. The molecule has 1 heterocycles. The quantitative estimate of drug-likeness (QED) is 0.726. The average Bonchev–Trinajstić information content (AvgIpc) is 2.88. The number of aromatic nitrogens is 1. The molecule has 4 heteroatoms. The van der Waals surface area contributed by atoms with E-state index in [0.29, 0.717) is 18.2 Å². The Morgan fingerprint density at radius 2 is 1.79 bits per heavy atom. The molecule has 0 saturated carbocycles. The molecule has 4 nitrogen and oxygen atoms in total. The van der Waals surface area contributed by atoms with Crippen LogP contribution in [0, 0.1) is 0 Å². The van der Waals surface area contributed by atoms with Gasteiger partial charge in [0.1, 0.15) is 5.69 Å². The van der Waals surface area contributed by atoms with Crippen molar-refractivity contribution < 1.29 is 9.90 Å². The molecule has 0 spiro atoms. The van der Waals surface area contributed by atoms with Gasteiger partial charge in [0.25, 0.3) is 0 Å². The molecular weight excluding hydrogens is 300 g/mol. The number of carboxylic acids is 1. The van der Waals surface area contributed by atoms with Crippen molar-refractivity contribution in [3.8, 4) is 0 Å². The van der Waals surface area contributed by atoms with Gasteiger partial charge in [-0.1, -0.05) is 55.5 Å². The number of aromatic carboxylic acids is 1. The lowest BCUT2D eigenvalue weighted by Gasteiger charge is -2.13. The lowest BCUT2D eigenvalue weighted by Crippen LogP contribution is -2.21. The third-order valence-corrected chi connectivity index (χ3v) is 4.54. The number of carboxylic acid groups (broad SMARTS) is 1. The van der Waals surface area contributed by atoms with Gasteiger partial charge in [0.05, 0.1) is 0 Å². The van der Waals surface area contributed by atoms with Crippen molar-refractivity contribution in [2.24, 2.45) is 7.05 Å². The first-order valence-corrected chi connectivity index (χ1v) is 8.15. The van der Waals surface area contributed by atoms with Crippen LogP contribution >= 0.6 is 0 Å². The summed E-state index contributed by atoms with van der Waals surface area (Å²) in [5.41, 5.74) is 3.43. The molecule has 124 valence electrons. The molecule has 1 atom stereocenters. The van der Waals surface area contributed by atoms with Crippen LogP contribution in [-0.4, -0.2) is 22.2 Å². The van der Waals surface area contributed by atoms with E-state index in [0.717, 1.165) is 23.0 Å². The Morgan fingerprint density at radius 3 is 2.50 bits per heavy atom. The maximum Gasteiger partial charge on any atom is 0.352 e. The van der Waals surface area contributed by atoms with Crippen LogP contribution in [0.2, 0.25) is 0 Å². The standard InChI is InChI=1S/C20H22N2O2/c1-14(15-8-4-3-5-9-15)12-21-13-17-16-10-6-7-11-18(16)22(2)19(17)20(23)24/h3-11,14,21H,12-13H2,1-2H3,(H,23,24)/t14-/m0/s1. The van der Waals surface area contributed by atoms with Crippen LogP contribution in [0.5, 0.6) is 0 Å². The fraction of sp³-hybridized carbons (Fsp3) is 0.250. The number of para-hydroxylation sites is 1. The molecule has 24 heavy (non-hydrogen) atoms. The first kappa shape index (κ1) is 16.3. The zero-order valence-electron chi connectivity index (χ0n) is 14.0. The predicted octanol–water partition coefficient (Wildman–Crippen LogP) is 3.77. The van der Waals surface area contributed by atoms with Gasteiger partial charge in [0.15, 0.2) is 0 Å². The molecule has 2 N–H and O–H groups in total. The Morgan fingerprint density at radius 1 is 1.12 bits per heavy atom. The van der Waals surface area contributed by atoms with Crippen molar-refractivity contribution in [3.63, 3.8) is 0 Å². The maximum absolute atomic E-state index is 11.7. The van der Waals surface area contributed by atoms with Crippen molar-refractivity contribution in [1.29, 1.82) is 0 Å². The number of aryl methyl sites for hydroxylation is 1. The first-order chi connectivity index (χ1) is 11.6. The van der Waals surface area contributed by atoms with Crippen LogP contribution in [0.4, 0.5) is 0 Å². The summed E-state index contributed by atoms with van der Waals surface area (Å²) in [5, 5.41) is 14.0. The summed E-state index contributed by atoms with van der Waals surface area (Å²) in [4.78, 5) is 11.7. The van der Waals surface area contributed by atoms with Crippen LogP contribution in [0.1, 0.15) is 34.5 Å².